The monoisotopic (exact) mass is 811 g/mol. The van der Waals surface area contributed by atoms with Crippen molar-refractivity contribution < 1.29 is 36.0 Å². The van der Waals surface area contributed by atoms with Crippen LogP contribution < -0.4 is 9.44 Å². The molecule has 6 aromatic rings. The first-order valence-electron chi connectivity index (χ1n) is 15.1. The van der Waals surface area contributed by atoms with Crippen LogP contribution in [-0.2, 0) is 29.6 Å². The molecule has 3 heterocycles. The highest BCUT2D eigenvalue weighted by Gasteiger charge is 2.20. The van der Waals surface area contributed by atoms with Gasteiger partial charge in [-0.15, -0.1) is 22.7 Å². The molecule has 11 nitrogen and oxygen atoms in total. The van der Waals surface area contributed by atoms with Crippen LogP contribution in [0.15, 0.2) is 112 Å². The Morgan fingerprint density at radius 2 is 1.31 bits per heavy atom. The summed E-state index contributed by atoms with van der Waals surface area (Å²) in [5.41, 5.74) is 1.36. The summed E-state index contributed by atoms with van der Waals surface area (Å²) in [4.78, 5) is 50.2. The van der Waals surface area contributed by atoms with Crippen LogP contribution in [0.1, 0.15) is 34.6 Å². The number of hydrogen-bond donors (Lipinski definition) is 2. The maximum atomic E-state index is 12.6. The molecule has 17 heteroatoms. The van der Waals surface area contributed by atoms with E-state index < -0.39 is 20.0 Å². The van der Waals surface area contributed by atoms with E-state index in [1.54, 1.807) is 72.3 Å². The van der Waals surface area contributed by atoms with E-state index in [4.69, 9.17) is 0 Å². The van der Waals surface area contributed by atoms with E-state index >= 15 is 0 Å². The molecular weight excluding hydrogens is 783 g/mol. The molecule has 0 aliphatic heterocycles. The van der Waals surface area contributed by atoms with Crippen molar-refractivity contribution in [3.63, 3.8) is 0 Å². The minimum atomic E-state index is -3.82. The number of carbonyl (C=O) groups is 4. The molecule has 6 rings (SSSR count). The highest BCUT2D eigenvalue weighted by molar-refractivity contribution is 8.14. The molecule has 0 radical (unpaired) electrons. The van der Waals surface area contributed by atoms with Gasteiger partial charge in [-0.1, -0.05) is 47.8 Å². The number of ketones is 2. The van der Waals surface area contributed by atoms with Crippen molar-refractivity contribution in [3.05, 3.63) is 114 Å². The average Bonchev–Trinajstić information content (AvgIpc) is 3.77. The van der Waals surface area contributed by atoms with E-state index in [0.717, 1.165) is 55.0 Å². The second kappa shape index (κ2) is 17.0. The number of fused-ring (bicyclic) bond motifs is 2. The standard InChI is InChI=1S/C18H15NO4S3.C17H14N2O4S3/c1-12(20)25-11-17(21)13-3-2-4-16(10-13)26(22,23)19-15-5-6-18-14(9-15)7-8-24-18;1-11(20)24-10-15(21)12-3-2-4-14(7-12)19-26(22,23)17-8-13-9-18-6-5-16(13)25-17/h2-10,19H,11H2,1H3;2-9,19H,10H2,1H3. The quantitative estimate of drug-likeness (QED) is 0.116. The molecule has 0 saturated heterocycles. The van der Waals surface area contributed by atoms with Gasteiger partial charge < -0.3 is 0 Å². The summed E-state index contributed by atoms with van der Waals surface area (Å²) in [5.74, 6) is -0.517. The van der Waals surface area contributed by atoms with Crippen LogP contribution in [-0.4, -0.2) is 55.1 Å². The Morgan fingerprint density at radius 1 is 0.673 bits per heavy atom. The molecule has 0 unspecified atom stereocenters. The number of Topliss-reactive ketones (excluding diaryl/α,β-unsaturated/α-hetero) is 2. The van der Waals surface area contributed by atoms with Crippen molar-refractivity contribution in [2.45, 2.75) is 23.0 Å². The highest BCUT2D eigenvalue weighted by atomic mass is 32.2. The number of nitrogens with zero attached hydrogens (tertiary/aromatic N) is 1. The minimum absolute atomic E-state index is 0.00147. The smallest absolute Gasteiger partial charge is 0.271 e. The summed E-state index contributed by atoms with van der Waals surface area (Å²) < 4.78 is 57.6. The van der Waals surface area contributed by atoms with Gasteiger partial charge in [0.05, 0.1) is 16.4 Å². The first-order chi connectivity index (χ1) is 24.7. The second-order valence-corrected chi connectivity index (χ2v) is 18.8. The lowest BCUT2D eigenvalue weighted by Crippen LogP contribution is -2.14. The van der Waals surface area contributed by atoms with Gasteiger partial charge in [0.1, 0.15) is 4.21 Å². The second-order valence-electron chi connectivity index (χ2n) is 10.9. The molecule has 0 saturated carbocycles. The molecule has 0 atom stereocenters. The fourth-order valence-corrected chi connectivity index (χ4v) is 9.82. The predicted octanol–water partition coefficient (Wildman–Crippen LogP) is 7.72. The number of thioether (sulfide) groups is 2. The Balaban J connectivity index is 0.000000201. The van der Waals surface area contributed by atoms with Crippen LogP contribution in [0.4, 0.5) is 11.4 Å². The minimum Gasteiger partial charge on any atom is -0.293 e. The maximum absolute atomic E-state index is 12.6. The van der Waals surface area contributed by atoms with Crippen molar-refractivity contribution in [2.24, 2.45) is 0 Å². The number of thiophene rings is 2. The van der Waals surface area contributed by atoms with Gasteiger partial charge in [0.15, 0.2) is 21.8 Å². The first-order valence-corrected chi connectivity index (χ1v) is 21.7. The van der Waals surface area contributed by atoms with Gasteiger partial charge in [0.25, 0.3) is 20.0 Å². The number of aromatic nitrogens is 1. The average molecular weight is 812 g/mol. The van der Waals surface area contributed by atoms with Gasteiger partial charge in [-0.05, 0) is 71.4 Å². The molecule has 0 aliphatic carbocycles. The number of nitrogens with one attached hydrogen (secondary N) is 2. The van der Waals surface area contributed by atoms with Crippen molar-refractivity contribution >= 4 is 120 Å². The van der Waals surface area contributed by atoms with Gasteiger partial charge >= 0.3 is 0 Å². The van der Waals surface area contributed by atoms with Gasteiger partial charge in [0, 0.05) is 63.5 Å². The fraction of sp³-hybridized carbons (Fsp3) is 0.114. The molecule has 3 aromatic carbocycles. The van der Waals surface area contributed by atoms with E-state index in [2.05, 4.69) is 14.4 Å². The fourth-order valence-electron chi connectivity index (χ4n) is 4.54. The summed E-state index contributed by atoms with van der Waals surface area (Å²) in [6.07, 6.45) is 3.22. The lowest BCUT2D eigenvalue weighted by atomic mass is 10.1. The number of carbonyl (C=O) groups excluding carboxylic acids is 4. The van der Waals surface area contributed by atoms with Crippen LogP contribution in [0.25, 0.3) is 20.2 Å². The summed E-state index contributed by atoms with van der Waals surface area (Å²) in [6, 6.07) is 22.6. The van der Waals surface area contributed by atoms with E-state index in [1.165, 1.54) is 38.1 Å². The third-order valence-corrected chi connectivity index (χ3v) is 13.9. The summed E-state index contributed by atoms with van der Waals surface area (Å²) in [5, 5.41) is 3.35. The Bertz CT molecular complexity index is 2490. The van der Waals surface area contributed by atoms with Crippen molar-refractivity contribution in [1.82, 2.24) is 4.98 Å². The van der Waals surface area contributed by atoms with Crippen LogP contribution in [0.3, 0.4) is 0 Å². The molecule has 0 amide bonds. The third-order valence-electron chi connectivity index (χ3n) is 6.98. The Morgan fingerprint density at radius 3 is 1.98 bits per heavy atom. The largest absolute Gasteiger partial charge is 0.293 e. The summed E-state index contributed by atoms with van der Waals surface area (Å²) in [6.45, 7) is 2.77. The van der Waals surface area contributed by atoms with E-state index in [0.29, 0.717) is 16.9 Å². The lowest BCUT2D eigenvalue weighted by molar-refractivity contribution is -0.109. The van der Waals surface area contributed by atoms with Crippen molar-refractivity contribution in [1.29, 1.82) is 0 Å². The van der Waals surface area contributed by atoms with Crippen LogP contribution in [0, 0.1) is 0 Å². The third kappa shape index (κ3) is 10.4. The number of pyridine rings is 1. The van der Waals surface area contributed by atoms with Crippen molar-refractivity contribution in [2.75, 3.05) is 20.9 Å². The zero-order valence-corrected chi connectivity index (χ0v) is 32.3. The predicted molar refractivity (Wildman–Crippen MR) is 211 cm³/mol. The Labute approximate surface area is 316 Å². The molecule has 268 valence electrons. The zero-order valence-electron chi connectivity index (χ0n) is 27.4. The Kier molecular flexibility index (Phi) is 12.7. The zero-order chi connectivity index (χ0) is 37.5. The summed E-state index contributed by atoms with van der Waals surface area (Å²) >= 11 is 4.55. The van der Waals surface area contributed by atoms with E-state index in [1.807, 2.05) is 17.5 Å². The molecular formula is C35H29N3O8S6. The lowest BCUT2D eigenvalue weighted by Gasteiger charge is -2.09. The molecule has 0 spiro atoms. The Hall–Kier alpha value is -4.39. The number of rotatable bonds is 12. The SMILES string of the molecule is CC(=O)SCC(=O)c1cccc(NS(=O)(=O)c2cc3cnccc3s2)c1.CC(=O)SCC(=O)c1cccc(S(=O)(=O)Nc2ccc3sccc3c2)c1. The van der Waals surface area contributed by atoms with E-state index in [9.17, 15) is 36.0 Å². The number of benzene rings is 3. The molecule has 2 N–H and O–H groups in total. The molecule has 0 bridgehead atoms. The molecule has 0 fully saturated rings. The van der Waals surface area contributed by atoms with E-state index in [-0.39, 0.29) is 48.0 Å². The van der Waals surface area contributed by atoms with Crippen LogP contribution in [0.5, 0.6) is 0 Å². The normalized spacial score (nSPS) is 11.4. The number of anilines is 2. The van der Waals surface area contributed by atoms with Gasteiger partial charge in [0.2, 0.25) is 0 Å². The molecule has 52 heavy (non-hydrogen) atoms. The molecule has 3 aromatic heterocycles. The number of hydrogen-bond acceptors (Lipinski definition) is 13. The van der Waals surface area contributed by atoms with Crippen LogP contribution in [0.2, 0.25) is 0 Å². The maximum Gasteiger partial charge on any atom is 0.271 e. The topological polar surface area (TPSA) is 174 Å². The van der Waals surface area contributed by atoms with Crippen molar-refractivity contribution in [3.8, 4) is 0 Å². The molecule has 0 aliphatic rings. The van der Waals surface area contributed by atoms with Gasteiger partial charge in [-0.25, -0.2) is 16.8 Å². The first kappa shape index (κ1) is 38.8. The summed E-state index contributed by atoms with van der Waals surface area (Å²) in [7, 11) is -7.60. The van der Waals surface area contributed by atoms with Gasteiger partial charge in [-0.3, -0.25) is 33.6 Å². The van der Waals surface area contributed by atoms with Gasteiger partial charge in [-0.2, -0.15) is 0 Å². The number of sulfonamides is 2. The van der Waals surface area contributed by atoms with Crippen LogP contribution >= 0.6 is 46.2 Å². The highest BCUT2D eigenvalue weighted by Crippen LogP contribution is 2.30.